The summed E-state index contributed by atoms with van der Waals surface area (Å²) >= 11 is 0. The van der Waals surface area contributed by atoms with E-state index >= 15 is 0 Å². The van der Waals surface area contributed by atoms with Gasteiger partial charge in [-0.3, -0.25) is 0 Å². The zero-order chi connectivity index (χ0) is 16.4. The summed E-state index contributed by atoms with van der Waals surface area (Å²) < 4.78 is 23.9. The fourth-order valence-electron chi connectivity index (χ4n) is 1.97. The molecule has 2 nitrogen and oxygen atoms in total. The first-order valence-corrected chi connectivity index (χ1v) is 9.28. The van der Waals surface area contributed by atoms with Crippen molar-refractivity contribution in [3.05, 3.63) is 96.1 Å². The van der Waals surface area contributed by atoms with E-state index in [2.05, 4.69) is 0 Å². The van der Waals surface area contributed by atoms with Crippen LogP contribution in [0.1, 0.15) is 11.1 Å². The van der Waals surface area contributed by atoms with Crippen LogP contribution in [0.4, 0.5) is 0 Å². The van der Waals surface area contributed by atoms with Crippen molar-refractivity contribution in [2.24, 2.45) is 0 Å². The highest BCUT2D eigenvalue weighted by molar-refractivity contribution is 7.91. The van der Waals surface area contributed by atoms with Crippen molar-refractivity contribution in [2.45, 2.75) is 0 Å². The number of allylic oxidation sites excluding steroid dienone is 2. The van der Waals surface area contributed by atoms with E-state index in [0.29, 0.717) is 0 Å². The Morgan fingerprint density at radius 1 is 0.652 bits per heavy atom. The molecule has 0 bridgehead atoms. The number of hydrogen-bond donors (Lipinski definition) is 0. The van der Waals surface area contributed by atoms with Gasteiger partial charge in [-0.25, -0.2) is 8.42 Å². The highest BCUT2D eigenvalue weighted by atomic mass is 32.2. The van der Waals surface area contributed by atoms with E-state index in [1.165, 1.54) is 0 Å². The summed E-state index contributed by atoms with van der Waals surface area (Å²) in [5.74, 6) is 0.0971. The molecule has 2 rings (SSSR count). The molecule has 0 saturated carbocycles. The molecule has 0 fully saturated rings. The van der Waals surface area contributed by atoms with Gasteiger partial charge in [-0.1, -0.05) is 97.1 Å². The van der Waals surface area contributed by atoms with Crippen molar-refractivity contribution in [1.82, 2.24) is 0 Å². The van der Waals surface area contributed by atoms with Crippen LogP contribution in [0.5, 0.6) is 0 Å². The quantitative estimate of drug-likeness (QED) is 0.708. The second kappa shape index (κ2) is 8.91. The van der Waals surface area contributed by atoms with E-state index in [4.69, 9.17) is 0 Å². The molecule has 0 N–H and O–H groups in total. The molecular formula is C20H20O2S. The van der Waals surface area contributed by atoms with Gasteiger partial charge in [-0.05, 0) is 11.1 Å². The Hall–Kier alpha value is -2.39. The van der Waals surface area contributed by atoms with Crippen LogP contribution in [0, 0.1) is 0 Å². The molecule has 0 radical (unpaired) electrons. The lowest BCUT2D eigenvalue weighted by Crippen LogP contribution is -2.07. The Morgan fingerprint density at radius 2 is 1.17 bits per heavy atom. The second-order valence-electron chi connectivity index (χ2n) is 5.09. The third kappa shape index (κ3) is 6.94. The van der Waals surface area contributed by atoms with Gasteiger partial charge in [-0.15, -0.1) is 0 Å². The fraction of sp³-hybridized carbons (Fsp3) is 0.100. The van der Waals surface area contributed by atoms with Gasteiger partial charge in [0.05, 0.1) is 11.5 Å². The van der Waals surface area contributed by atoms with Crippen LogP contribution in [-0.4, -0.2) is 19.9 Å². The molecule has 0 amide bonds. The van der Waals surface area contributed by atoms with Gasteiger partial charge in [0.2, 0.25) is 0 Å². The minimum atomic E-state index is -3.10. The Labute approximate surface area is 138 Å². The highest BCUT2D eigenvalue weighted by Crippen LogP contribution is 2.03. The van der Waals surface area contributed by atoms with Crippen molar-refractivity contribution < 1.29 is 8.42 Å². The smallest absolute Gasteiger partial charge is 0.157 e. The molecule has 0 spiro atoms. The summed E-state index contributed by atoms with van der Waals surface area (Å²) in [6.07, 6.45) is 10.8. The first-order valence-electron chi connectivity index (χ1n) is 7.46. The molecular weight excluding hydrogens is 304 g/mol. The van der Waals surface area contributed by atoms with Crippen molar-refractivity contribution in [3.8, 4) is 0 Å². The van der Waals surface area contributed by atoms with Crippen LogP contribution in [0.15, 0.2) is 85.0 Å². The van der Waals surface area contributed by atoms with E-state index in [1.54, 1.807) is 18.2 Å². The van der Waals surface area contributed by atoms with Crippen molar-refractivity contribution in [1.29, 1.82) is 0 Å². The molecule has 0 unspecified atom stereocenters. The van der Waals surface area contributed by atoms with Crippen LogP contribution in [0.25, 0.3) is 12.2 Å². The van der Waals surface area contributed by atoms with Crippen molar-refractivity contribution >= 4 is 22.0 Å². The van der Waals surface area contributed by atoms with Gasteiger partial charge in [0.1, 0.15) is 0 Å². The van der Waals surface area contributed by atoms with Gasteiger partial charge in [0.15, 0.2) is 9.84 Å². The number of rotatable bonds is 7. The molecule has 2 aromatic rings. The molecule has 0 atom stereocenters. The molecule has 118 valence electrons. The third-order valence-corrected chi connectivity index (χ3v) is 4.55. The number of hydrogen-bond acceptors (Lipinski definition) is 2. The van der Waals surface area contributed by atoms with Gasteiger partial charge < -0.3 is 0 Å². The number of benzene rings is 2. The van der Waals surface area contributed by atoms with Crippen LogP contribution >= 0.6 is 0 Å². The van der Waals surface area contributed by atoms with Gasteiger partial charge in [0, 0.05) is 0 Å². The van der Waals surface area contributed by atoms with Crippen LogP contribution in [0.3, 0.4) is 0 Å². The van der Waals surface area contributed by atoms with Gasteiger partial charge in [-0.2, -0.15) is 0 Å². The van der Waals surface area contributed by atoms with E-state index in [-0.39, 0.29) is 11.5 Å². The van der Waals surface area contributed by atoms with E-state index in [1.807, 2.05) is 78.9 Å². The lowest BCUT2D eigenvalue weighted by atomic mass is 10.2. The summed E-state index contributed by atoms with van der Waals surface area (Å²) in [5.41, 5.74) is 2.09. The molecule has 0 aliphatic carbocycles. The predicted molar refractivity (Wildman–Crippen MR) is 98.7 cm³/mol. The van der Waals surface area contributed by atoms with E-state index in [9.17, 15) is 8.42 Å². The first kappa shape index (κ1) is 17.0. The predicted octanol–water partition coefficient (Wildman–Crippen LogP) is 4.38. The van der Waals surface area contributed by atoms with Crippen LogP contribution in [-0.2, 0) is 9.84 Å². The average molecular weight is 324 g/mol. The Kier molecular flexibility index (Phi) is 6.57. The fourth-order valence-corrected chi connectivity index (χ4v) is 2.90. The monoisotopic (exact) mass is 324 g/mol. The Balaban J connectivity index is 1.81. The summed E-state index contributed by atoms with van der Waals surface area (Å²) in [6.45, 7) is 0. The van der Waals surface area contributed by atoms with Crippen LogP contribution in [0.2, 0.25) is 0 Å². The average Bonchev–Trinajstić information content (AvgIpc) is 2.56. The largest absolute Gasteiger partial charge is 0.228 e. The molecule has 3 heteroatoms. The first-order chi connectivity index (χ1) is 11.2. The molecule has 2 aromatic carbocycles. The maximum absolute atomic E-state index is 11.9. The minimum Gasteiger partial charge on any atom is -0.228 e. The molecule has 0 aliphatic heterocycles. The Morgan fingerprint density at radius 3 is 1.78 bits per heavy atom. The van der Waals surface area contributed by atoms with Gasteiger partial charge >= 0.3 is 0 Å². The normalized spacial score (nSPS) is 12.5. The zero-order valence-electron chi connectivity index (χ0n) is 12.9. The molecule has 0 heterocycles. The minimum absolute atomic E-state index is 0.0469. The van der Waals surface area contributed by atoms with Crippen molar-refractivity contribution in [3.63, 3.8) is 0 Å². The summed E-state index contributed by atoms with van der Waals surface area (Å²) in [6, 6.07) is 19.6. The lowest BCUT2D eigenvalue weighted by molar-refractivity contribution is 0.602. The van der Waals surface area contributed by atoms with Gasteiger partial charge in [0.25, 0.3) is 0 Å². The zero-order valence-corrected chi connectivity index (χ0v) is 13.7. The van der Waals surface area contributed by atoms with E-state index < -0.39 is 9.84 Å². The Bertz CT molecular complexity index is 771. The highest BCUT2D eigenvalue weighted by Gasteiger charge is 2.04. The SMILES string of the molecule is O=S(=O)(C/C=C/C=C/c1ccccc1)C/C=C/c1ccccc1. The van der Waals surface area contributed by atoms with Crippen molar-refractivity contribution in [2.75, 3.05) is 11.5 Å². The molecule has 23 heavy (non-hydrogen) atoms. The standard InChI is InChI=1S/C20H20O2S/c21-23(22,18-10-16-20-13-6-2-7-14-20)17-9-3-8-15-19-11-4-1-5-12-19/h1-16H,17-18H2/b9-3+,15-8+,16-10+. The summed E-state index contributed by atoms with van der Waals surface area (Å²) in [4.78, 5) is 0. The third-order valence-electron chi connectivity index (χ3n) is 3.15. The molecule has 0 saturated heterocycles. The molecule has 0 aromatic heterocycles. The maximum atomic E-state index is 11.9. The maximum Gasteiger partial charge on any atom is 0.157 e. The number of sulfone groups is 1. The topological polar surface area (TPSA) is 34.1 Å². The summed E-state index contributed by atoms with van der Waals surface area (Å²) in [7, 11) is -3.10. The summed E-state index contributed by atoms with van der Waals surface area (Å²) in [5, 5.41) is 0. The van der Waals surface area contributed by atoms with E-state index in [0.717, 1.165) is 11.1 Å². The molecule has 0 aliphatic rings. The lowest BCUT2D eigenvalue weighted by Gasteiger charge is -1.96. The second-order valence-corrected chi connectivity index (χ2v) is 7.24. The van der Waals surface area contributed by atoms with Crippen LogP contribution < -0.4 is 0 Å².